The summed E-state index contributed by atoms with van der Waals surface area (Å²) in [6.45, 7) is 0. The van der Waals surface area contributed by atoms with Gasteiger partial charge in [0.1, 0.15) is 5.71 Å². The molecule has 0 aromatic heterocycles. The summed E-state index contributed by atoms with van der Waals surface area (Å²) >= 11 is 0. The van der Waals surface area contributed by atoms with Crippen LogP contribution >= 0.6 is 0 Å². The van der Waals surface area contributed by atoms with Gasteiger partial charge in [-0.3, -0.25) is 9.59 Å². The molecule has 2 amide bonds. The van der Waals surface area contributed by atoms with Crippen LogP contribution in [0.4, 0.5) is 4.48 Å². The Morgan fingerprint density at radius 3 is 2.83 bits per heavy atom. The number of halogens is 1. The summed E-state index contributed by atoms with van der Waals surface area (Å²) < 4.78 is 11.6. The van der Waals surface area contributed by atoms with E-state index in [1.165, 1.54) is 7.05 Å². The second-order valence-corrected chi connectivity index (χ2v) is 2.39. The van der Waals surface area contributed by atoms with Gasteiger partial charge in [-0.2, -0.15) is 10.6 Å². The van der Waals surface area contributed by atoms with Crippen molar-refractivity contribution in [3.05, 3.63) is 0 Å². The lowest BCUT2D eigenvalue weighted by atomic mass is 10.1. The van der Waals surface area contributed by atoms with Crippen LogP contribution in [0.25, 0.3) is 0 Å². The molecule has 0 unspecified atom stereocenters. The van der Waals surface area contributed by atoms with Crippen LogP contribution in [0.1, 0.15) is 12.8 Å². The van der Waals surface area contributed by atoms with Crippen LogP contribution in [0, 0.1) is 0 Å². The number of amides is 2. The number of nitrogens with one attached hydrogen (secondary N) is 1. The van der Waals surface area contributed by atoms with E-state index in [-0.39, 0.29) is 24.5 Å². The first-order valence-electron chi connectivity index (χ1n) is 3.40. The predicted molar refractivity (Wildman–Crippen MR) is 38.7 cm³/mol. The van der Waals surface area contributed by atoms with Gasteiger partial charge in [0.25, 0.3) is 5.91 Å². The normalized spacial score (nSPS) is 17.3. The highest BCUT2D eigenvalue weighted by atomic mass is 19.2. The second kappa shape index (κ2) is 3.29. The SMILES string of the molecule is CN1N=C(C(=O)NF)CCC1=O. The molecule has 12 heavy (non-hydrogen) atoms. The highest BCUT2D eigenvalue weighted by molar-refractivity contribution is 6.39. The van der Waals surface area contributed by atoms with Gasteiger partial charge in [0.15, 0.2) is 0 Å². The van der Waals surface area contributed by atoms with E-state index in [0.717, 1.165) is 10.5 Å². The molecule has 1 N–H and O–H groups in total. The standard InChI is InChI=1S/C6H8FN3O2/c1-10-5(11)3-2-4(9-10)6(12)8-7/h2-3H2,1H3,(H,8,12). The summed E-state index contributed by atoms with van der Waals surface area (Å²) in [6.07, 6.45) is 0.391. The van der Waals surface area contributed by atoms with Crippen molar-refractivity contribution in [2.24, 2.45) is 5.10 Å². The predicted octanol–water partition coefficient (Wildman–Crippen LogP) is -0.405. The van der Waals surface area contributed by atoms with Crippen LogP contribution in [-0.2, 0) is 9.59 Å². The molecule has 0 saturated heterocycles. The molecule has 0 saturated carbocycles. The molecule has 0 aliphatic carbocycles. The van der Waals surface area contributed by atoms with Crippen molar-refractivity contribution < 1.29 is 14.1 Å². The molecule has 0 aromatic rings. The monoisotopic (exact) mass is 173 g/mol. The molecule has 0 atom stereocenters. The van der Waals surface area contributed by atoms with Gasteiger partial charge < -0.3 is 0 Å². The van der Waals surface area contributed by atoms with Gasteiger partial charge in [0, 0.05) is 19.9 Å². The summed E-state index contributed by atoms with van der Waals surface area (Å²) in [4.78, 5) is 21.5. The van der Waals surface area contributed by atoms with Crippen molar-refractivity contribution in [3.8, 4) is 0 Å². The number of carbonyl (C=O) groups is 2. The maximum atomic E-state index is 11.6. The van der Waals surface area contributed by atoms with Gasteiger partial charge in [-0.1, -0.05) is 4.48 Å². The van der Waals surface area contributed by atoms with Crippen LogP contribution < -0.4 is 5.54 Å². The molecule has 1 heterocycles. The fourth-order valence-electron chi connectivity index (χ4n) is 0.887. The van der Waals surface area contributed by atoms with E-state index in [1.54, 1.807) is 0 Å². The van der Waals surface area contributed by atoms with Gasteiger partial charge in [-0.05, 0) is 0 Å². The van der Waals surface area contributed by atoms with Gasteiger partial charge >= 0.3 is 0 Å². The van der Waals surface area contributed by atoms with E-state index in [9.17, 15) is 14.1 Å². The number of nitrogens with zero attached hydrogens (tertiary/aromatic N) is 2. The van der Waals surface area contributed by atoms with E-state index < -0.39 is 5.91 Å². The second-order valence-electron chi connectivity index (χ2n) is 2.39. The zero-order valence-electron chi connectivity index (χ0n) is 6.50. The Balaban J connectivity index is 2.74. The van der Waals surface area contributed by atoms with Crippen LogP contribution in [-0.4, -0.2) is 29.6 Å². The topological polar surface area (TPSA) is 61.8 Å². The van der Waals surface area contributed by atoms with Crippen LogP contribution in [0.5, 0.6) is 0 Å². The number of rotatable bonds is 1. The van der Waals surface area contributed by atoms with Crippen LogP contribution in [0.15, 0.2) is 5.10 Å². The Bertz CT molecular complexity index is 251. The molecule has 0 radical (unpaired) electrons. The van der Waals surface area contributed by atoms with E-state index in [0.29, 0.717) is 0 Å². The van der Waals surface area contributed by atoms with E-state index in [1.807, 2.05) is 0 Å². The highest BCUT2D eigenvalue weighted by Gasteiger charge is 2.21. The van der Waals surface area contributed by atoms with Gasteiger partial charge in [-0.25, -0.2) is 5.01 Å². The Hall–Kier alpha value is -1.46. The molecule has 0 fully saturated rings. The number of carbonyl (C=O) groups excluding carboxylic acids is 2. The molecule has 0 aromatic carbocycles. The third kappa shape index (κ3) is 1.58. The van der Waals surface area contributed by atoms with Crippen molar-refractivity contribution in [1.82, 2.24) is 10.5 Å². The summed E-state index contributed by atoms with van der Waals surface area (Å²) in [6, 6.07) is 0. The number of hydrogen-bond acceptors (Lipinski definition) is 3. The van der Waals surface area contributed by atoms with Crippen molar-refractivity contribution in [1.29, 1.82) is 0 Å². The largest absolute Gasteiger partial charge is 0.295 e. The minimum Gasteiger partial charge on any atom is -0.273 e. The van der Waals surface area contributed by atoms with Gasteiger partial charge in [0.2, 0.25) is 5.91 Å². The average Bonchev–Trinajstić information content (AvgIpc) is 2.08. The summed E-state index contributed by atoms with van der Waals surface area (Å²) in [7, 11) is 1.42. The van der Waals surface area contributed by atoms with E-state index in [2.05, 4.69) is 5.10 Å². The summed E-state index contributed by atoms with van der Waals surface area (Å²) in [5.41, 5.74) is 1.00. The zero-order chi connectivity index (χ0) is 9.14. The molecule has 1 aliphatic rings. The molecule has 1 rings (SSSR count). The molecular formula is C6H8FN3O2. The average molecular weight is 173 g/mol. The minimum absolute atomic E-state index is 0.0413. The summed E-state index contributed by atoms with van der Waals surface area (Å²) in [5, 5.41) is 4.62. The molecule has 66 valence electrons. The first kappa shape index (κ1) is 8.63. The molecular weight excluding hydrogens is 165 g/mol. The molecule has 5 nitrogen and oxygen atoms in total. The summed E-state index contributed by atoms with van der Waals surface area (Å²) in [5.74, 6) is -1.06. The zero-order valence-corrected chi connectivity index (χ0v) is 6.50. The lowest BCUT2D eigenvalue weighted by Gasteiger charge is -2.17. The fourth-order valence-corrected chi connectivity index (χ4v) is 0.887. The molecule has 0 spiro atoms. The fraction of sp³-hybridized carbons (Fsp3) is 0.500. The van der Waals surface area contributed by atoms with Gasteiger partial charge in [-0.15, -0.1) is 0 Å². The lowest BCUT2D eigenvalue weighted by molar-refractivity contribution is -0.130. The Morgan fingerprint density at radius 2 is 2.33 bits per heavy atom. The Labute approximate surface area is 68.2 Å². The molecule has 6 heteroatoms. The van der Waals surface area contributed by atoms with Crippen molar-refractivity contribution >= 4 is 17.5 Å². The van der Waals surface area contributed by atoms with Crippen LogP contribution in [0.2, 0.25) is 0 Å². The Kier molecular flexibility index (Phi) is 2.37. The van der Waals surface area contributed by atoms with Crippen molar-refractivity contribution in [2.45, 2.75) is 12.8 Å². The van der Waals surface area contributed by atoms with Crippen molar-refractivity contribution in [2.75, 3.05) is 7.05 Å². The minimum atomic E-state index is -0.880. The first-order valence-corrected chi connectivity index (χ1v) is 3.40. The molecule has 1 aliphatic heterocycles. The number of hydrogen-bond donors (Lipinski definition) is 1. The highest BCUT2D eigenvalue weighted by Crippen LogP contribution is 2.06. The third-order valence-electron chi connectivity index (χ3n) is 1.56. The quantitative estimate of drug-likeness (QED) is 0.548. The van der Waals surface area contributed by atoms with Crippen LogP contribution in [0.3, 0.4) is 0 Å². The van der Waals surface area contributed by atoms with E-state index >= 15 is 0 Å². The first-order chi connectivity index (χ1) is 5.65. The smallest absolute Gasteiger partial charge is 0.273 e. The third-order valence-corrected chi connectivity index (χ3v) is 1.56. The van der Waals surface area contributed by atoms with Gasteiger partial charge in [0.05, 0.1) is 0 Å². The molecule has 0 bridgehead atoms. The maximum absolute atomic E-state index is 11.6. The Morgan fingerprint density at radius 1 is 1.67 bits per heavy atom. The lowest BCUT2D eigenvalue weighted by Crippen LogP contribution is -2.34. The van der Waals surface area contributed by atoms with Crippen molar-refractivity contribution in [3.63, 3.8) is 0 Å². The maximum Gasteiger partial charge on any atom is 0.295 e. The number of hydrazone groups is 1. The van der Waals surface area contributed by atoms with E-state index in [4.69, 9.17) is 0 Å².